The largest absolute Gasteiger partial charge is 0.494 e. The van der Waals surface area contributed by atoms with Gasteiger partial charge in [-0.25, -0.2) is 0 Å². The summed E-state index contributed by atoms with van der Waals surface area (Å²) in [6.45, 7) is 4.51. The summed E-state index contributed by atoms with van der Waals surface area (Å²) < 4.78 is 7.26. The maximum atomic E-state index is 12.9. The molecule has 0 saturated carbocycles. The van der Waals surface area contributed by atoms with Crippen LogP contribution in [0.5, 0.6) is 5.75 Å². The molecule has 0 spiro atoms. The highest BCUT2D eigenvalue weighted by Crippen LogP contribution is 2.25. The van der Waals surface area contributed by atoms with E-state index in [-0.39, 0.29) is 11.8 Å². The Balaban J connectivity index is 1.64. The molecule has 1 aliphatic heterocycles. The fourth-order valence-electron chi connectivity index (χ4n) is 3.74. The van der Waals surface area contributed by atoms with Crippen molar-refractivity contribution in [1.82, 2.24) is 10.7 Å². The molecule has 2 amide bonds. The first-order valence-corrected chi connectivity index (χ1v) is 10.6. The van der Waals surface area contributed by atoms with Gasteiger partial charge in [0, 0.05) is 16.7 Å². The van der Waals surface area contributed by atoms with Crippen LogP contribution in [-0.4, -0.2) is 35.4 Å². The van der Waals surface area contributed by atoms with Crippen molar-refractivity contribution < 1.29 is 19.0 Å². The van der Waals surface area contributed by atoms with Crippen molar-refractivity contribution in [2.45, 2.75) is 25.9 Å². The molecule has 0 radical (unpaired) electrons. The predicted octanol–water partition coefficient (Wildman–Crippen LogP) is 3.41. The summed E-state index contributed by atoms with van der Waals surface area (Å²) >= 11 is 0. The first-order valence-electron chi connectivity index (χ1n) is 10.6. The molecular weight excluding hydrogens is 402 g/mol. The van der Waals surface area contributed by atoms with Gasteiger partial charge in [0.25, 0.3) is 5.91 Å². The van der Waals surface area contributed by atoms with Crippen LogP contribution in [0.3, 0.4) is 0 Å². The molecule has 1 heterocycles. The Kier molecular flexibility index (Phi) is 6.31. The zero-order valence-corrected chi connectivity index (χ0v) is 18.1. The van der Waals surface area contributed by atoms with Crippen LogP contribution in [0.25, 0.3) is 0 Å². The number of carbonyl (C=O) groups excluding carboxylic acids is 2. The van der Waals surface area contributed by atoms with E-state index >= 15 is 0 Å². The molecule has 2 N–H and O–H groups in total. The summed E-state index contributed by atoms with van der Waals surface area (Å²) in [4.78, 5) is 25.8. The molecular formula is C26H26N3O3+. The number of hydrazone groups is 1. The maximum Gasteiger partial charge on any atom is 0.304 e. The number of hydrogen-bond acceptors (Lipinski definition) is 3. The van der Waals surface area contributed by atoms with Crippen molar-refractivity contribution in [3.05, 3.63) is 101 Å². The van der Waals surface area contributed by atoms with Crippen molar-refractivity contribution in [1.29, 1.82) is 0 Å². The van der Waals surface area contributed by atoms with E-state index in [9.17, 15) is 9.59 Å². The van der Waals surface area contributed by atoms with E-state index in [0.29, 0.717) is 12.2 Å². The minimum atomic E-state index is -0.745. The summed E-state index contributed by atoms with van der Waals surface area (Å²) in [5.74, 6) is 0.244. The highest BCUT2D eigenvalue weighted by Gasteiger charge is 2.47. The highest BCUT2D eigenvalue weighted by atomic mass is 16.5. The molecule has 3 aromatic rings. The third-order valence-electron chi connectivity index (χ3n) is 5.36. The molecule has 0 aromatic heterocycles. The van der Waals surface area contributed by atoms with E-state index in [0.717, 1.165) is 22.4 Å². The van der Waals surface area contributed by atoms with Crippen molar-refractivity contribution >= 4 is 18.0 Å². The fourth-order valence-corrected chi connectivity index (χ4v) is 3.74. The number of carbonyl (C=O) groups is 2. The smallest absolute Gasteiger partial charge is 0.304 e. The van der Waals surface area contributed by atoms with E-state index in [2.05, 4.69) is 10.7 Å². The molecule has 0 aliphatic carbocycles. The molecule has 0 unspecified atom stereocenters. The topological polar surface area (TPSA) is 70.4 Å². The Morgan fingerprint density at radius 1 is 1.03 bits per heavy atom. The maximum absolute atomic E-state index is 12.9. The van der Waals surface area contributed by atoms with Crippen LogP contribution in [0.15, 0.2) is 78.9 Å². The lowest BCUT2D eigenvalue weighted by Gasteiger charge is -2.14. The molecule has 1 saturated heterocycles. The second kappa shape index (κ2) is 9.47. The first kappa shape index (κ1) is 21.3. The molecule has 32 heavy (non-hydrogen) atoms. The van der Waals surface area contributed by atoms with Gasteiger partial charge in [0.2, 0.25) is 12.3 Å². The van der Waals surface area contributed by atoms with Crippen LogP contribution in [0.4, 0.5) is 0 Å². The molecule has 162 valence electrons. The lowest BCUT2D eigenvalue weighted by molar-refractivity contribution is -0.596. The van der Waals surface area contributed by atoms with Crippen LogP contribution in [0.1, 0.15) is 40.0 Å². The van der Waals surface area contributed by atoms with Crippen molar-refractivity contribution in [3.8, 4) is 5.75 Å². The Bertz CT molecular complexity index is 1120. The van der Waals surface area contributed by atoms with Crippen molar-refractivity contribution in [3.63, 3.8) is 0 Å². The minimum Gasteiger partial charge on any atom is -0.494 e. The lowest BCUT2D eigenvalue weighted by atomic mass is 9.99. The number of hydrogen-bond donors (Lipinski definition) is 2. The van der Waals surface area contributed by atoms with Gasteiger partial charge >= 0.3 is 5.91 Å². The van der Waals surface area contributed by atoms with Crippen LogP contribution in [0, 0.1) is 6.92 Å². The number of benzene rings is 3. The van der Waals surface area contributed by atoms with Gasteiger partial charge in [0.05, 0.1) is 6.61 Å². The average Bonchev–Trinajstić information content (AvgIpc) is 3.10. The number of nitrogens with zero attached hydrogens (tertiary/aromatic N) is 1. The van der Waals surface area contributed by atoms with Crippen molar-refractivity contribution in [2.75, 3.05) is 6.61 Å². The normalized spacial score (nSPS) is 18.9. The second-order valence-electron chi connectivity index (χ2n) is 7.69. The quantitative estimate of drug-likeness (QED) is 0.591. The summed E-state index contributed by atoms with van der Waals surface area (Å²) in [6, 6.07) is 23.5. The third-order valence-corrected chi connectivity index (χ3v) is 5.36. The van der Waals surface area contributed by atoms with E-state index in [1.54, 1.807) is 16.8 Å². The zero-order valence-electron chi connectivity index (χ0n) is 18.1. The average molecular weight is 429 g/mol. The van der Waals surface area contributed by atoms with Crippen LogP contribution >= 0.6 is 0 Å². The number of amides is 2. The number of ether oxygens (including phenoxy) is 1. The minimum absolute atomic E-state index is 0.262. The van der Waals surface area contributed by atoms with E-state index in [4.69, 9.17) is 4.74 Å². The molecule has 1 fully saturated rings. The molecule has 1 aliphatic rings. The van der Waals surface area contributed by atoms with Gasteiger partial charge in [-0.05, 0) is 50.2 Å². The van der Waals surface area contributed by atoms with Crippen LogP contribution in [-0.2, 0) is 4.79 Å². The Morgan fingerprint density at radius 2 is 1.72 bits per heavy atom. The molecule has 6 heteroatoms. The second-order valence-corrected chi connectivity index (χ2v) is 7.69. The third kappa shape index (κ3) is 4.70. The highest BCUT2D eigenvalue weighted by molar-refractivity contribution is 5.98. The van der Waals surface area contributed by atoms with Gasteiger partial charge in [-0.3, -0.25) is 9.59 Å². The fraction of sp³-hybridized carbons (Fsp3) is 0.192. The van der Waals surface area contributed by atoms with Gasteiger partial charge < -0.3 is 10.1 Å². The monoisotopic (exact) mass is 428 g/mol. The van der Waals surface area contributed by atoms with Gasteiger partial charge in [0.1, 0.15) is 5.75 Å². The number of nitrogens with one attached hydrogen (secondary N) is 2. The zero-order chi connectivity index (χ0) is 22.5. The van der Waals surface area contributed by atoms with E-state index in [1.807, 2.05) is 86.8 Å². The summed E-state index contributed by atoms with van der Waals surface area (Å²) in [6.07, 6.45) is 1.86. The summed E-state index contributed by atoms with van der Waals surface area (Å²) in [5.41, 5.74) is 6.31. The standard InChI is InChI=1S/C26H25N3O3/c1-3-32-22-15-11-19(12-16-22)17-29-24(20-7-5-4-6-8-20)23(26(31)28-29)27-25(30)21-13-9-18(2)10-14-21/h4-17,23-24H,3H2,1-2H3,(H-,27,28,30,31)/p+1/b29-17-/t23-,24-/m1/s1. The predicted molar refractivity (Wildman–Crippen MR) is 123 cm³/mol. The number of aryl methyl sites for hydroxylation is 1. The van der Waals surface area contributed by atoms with Gasteiger partial charge in [-0.1, -0.05) is 48.0 Å². The van der Waals surface area contributed by atoms with E-state index < -0.39 is 12.1 Å². The van der Waals surface area contributed by atoms with Gasteiger partial charge in [0.15, 0.2) is 6.04 Å². The summed E-state index contributed by atoms with van der Waals surface area (Å²) in [7, 11) is 0. The summed E-state index contributed by atoms with van der Waals surface area (Å²) in [5, 5.41) is 2.92. The Labute approximate surface area is 187 Å². The molecule has 2 atom stereocenters. The van der Waals surface area contributed by atoms with Crippen molar-refractivity contribution in [2.24, 2.45) is 0 Å². The van der Waals surface area contributed by atoms with E-state index in [1.165, 1.54) is 0 Å². The van der Waals surface area contributed by atoms with Crippen LogP contribution in [0.2, 0.25) is 0 Å². The Hall–Kier alpha value is -3.93. The number of hydrazine groups is 1. The molecule has 3 aromatic carbocycles. The van der Waals surface area contributed by atoms with Gasteiger partial charge in [-0.15, -0.1) is 10.1 Å². The SMILES string of the molecule is CCOc1ccc(/C=[N+]2\NC(=O)[C@H](NC(=O)c3ccc(C)cc3)[C@H]2c2ccccc2)cc1. The first-order chi connectivity index (χ1) is 15.5. The van der Waals surface area contributed by atoms with Crippen LogP contribution < -0.4 is 15.5 Å². The Morgan fingerprint density at radius 3 is 2.38 bits per heavy atom. The lowest BCUT2D eigenvalue weighted by Crippen LogP contribution is -2.42. The molecule has 4 rings (SSSR count). The molecule has 6 nitrogen and oxygen atoms in total. The molecule has 0 bridgehead atoms. The number of rotatable bonds is 6. The van der Waals surface area contributed by atoms with Gasteiger partial charge in [-0.2, -0.15) is 0 Å².